The minimum atomic E-state index is -0.722. The van der Waals surface area contributed by atoms with Gasteiger partial charge in [-0.05, 0) is 26.0 Å². The number of hydrogen-bond acceptors (Lipinski definition) is 5. The highest BCUT2D eigenvalue weighted by atomic mass is 16.6. The predicted molar refractivity (Wildman–Crippen MR) is 57.0 cm³/mol. The van der Waals surface area contributed by atoms with E-state index >= 15 is 0 Å². The number of aliphatic hydroxyl groups is 1. The van der Waals surface area contributed by atoms with Crippen LogP contribution in [0, 0.1) is 6.92 Å². The van der Waals surface area contributed by atoms with Crippen LogP contribution in [-0.4, -0.2) is 29.3 Å². The van der Waals surface area contributed by atoms with E-state index in [2.05, 4.69) is 9.72 Å². The van der Waals surface area contributed by atoms with Crippen LogP contribution in [0.25, 0.3) is 0 Å². The van der Waals surface area contributed by atoms with E-state index in [4.69, 9.17) is 9.84 Å². The van der Waals surface area contributed by atoms with Crippen LogP contribution >= 0.6 is 0 Å². The van der Waals surface area contributed by atoms with Crippen molar-refractivity contribution < 1.29 is 19.4 Å². The lowest BCUT2D eigenvalue weighted by Crippen LogP contribution is -2.25. The highest BCUT2D eigenvalue weighted by Crippen LogP contribution is 2.18. The van der Waals surface area contributed by atoms with Gasteiger partial charge < -0.3 is 14.6 Å². The summed E-state index contributed by atoms with van der Waals surface area (Å²) in [7, 11) is 1.29. The maximum absolute atomic E-state index is 11.2. The molecule has 1 aromatic rings. The molecule has 5 nitrogen and oxygen atoms in total. The number of aromatic nitrogens is 1. The predicted octanol–water partition coefficient (Wildman–Crippen LogP) is 0.823. The molecule has 0 radical (unpaired) electrons. The average molecular weight is 225 g/mol. The summed E-state index contributed by atoms with van der Waals surface area (Å²) in [5.41, 5.74) is 1.19. The Bertz CT molecular complexity index is 378. The van der Waals surface area contributed by atoms with Gasteiger partial charge in [-0.15, -0.1) is 0 Å². The topological polar surface area (TPSA) is 68.7 Å². The molecule has 0 fully saturated rings. The van der Waals surface area contributed by atoms with Crippen molar-refractivity contribution in [2.45, 2.75) is 26.6 Å². The molecular formula is C11H15NO4. The van der Waals surface area contributed by atoms with E-state index < -0.39 is 12.1 Å². The number of carbonyl (C=O) groups excluding carboxylic acids is 1. The third-order valence-corrected chi connectivity index (χ3v) is 2.06. The summed E-state index contributed by atoms with van der Waals surface area (Å²) in [4.78, 5) is 15.3. The Morgan fingerprint density at radius 1 is 1.56 bits per heavy atom. The number of hydrogen-bond donors (Lipinski definition) is 1. The summed E-state index contributed by atoms with van der Waals surface area (Å²) in [5.74, 6) is -0.0736. The molecule has 88 valence electrons. The molecule has 1 aromatic heterocycles. The third kappa shape index (κ3) is 2.93. The smallest absolute Gasteiger partial charge is 0.346 e. The monoisotopic (exact) mass is 225 g/mol. The highest BCUT2D eigenvalue weighted by molar-refractivity contribution is 5.74. The molecule has 0 saturated carbocycles. The first-order valence-corrected chi connectivity index (χ1v) is 4.90. The second-order valence-electron chi connectivity index (χ2n) is 3.34. The van der Waals surface area contributed by atoms with Gasteiger partial charge in [0.05, 0.1) is 13.7 Å². The van der Waals surface area contributed by atoms with E-state index in [-0.39, 0.29) is 6.61 Å². The summed E-state index contributed by atoms with van der Waals surface area (Å²) in [6, 6.07) is 3.42. The molecule has 1 N–H and O–H groups in total. The summed E-state index contributed by atoms with van der Waals surface area (Å²) < 4.78 is 9.88. The van der Waals surface area contributed by atoms with Gasteiger partial charge in [0.2, 0.25) is 0 Å². The maximum atomic E-state index is 11.2. The van der Waals surface area contributed by atoms with E-state index in [0.29, 0.717) is 11.4 Å². The highest BCUT2D eigenvalue weighted by Gasteiger charge is 2.16. The number of esters is 1. The Morgan fingerprint density at radius 3 is 2.81 bits per heavy atom. The van der Waals surface area contributed by atoms with Crippen LogP contribution in [0.2, 0.25) is 0 Å². The number of rotatable bonds is 4. The van der Waals surface area contributed by atoms with Crippen LogP contribution in [0.3, 0.4) is 0 Å². The Morgan fingerprint density at radius 2 is 2.25 bits per heavy atom. The fourth-order valence-electron chi connectivity index (χ4n) is 1.22. The Hall–Kier alpha value is -1.62. The summed E-state index contributed by atoms with van der Waals surface area (Å²) in [6.07, 6.45) is -0.722. The zero-order valence-corrected chi connectivity index (χ0v) is 9.56. The van der Waals surface area contributed by atoms with Gasteiger partial charge in [-0.1, -0.05) is 0 Å². The van der Waals surface area contributed by atoms with E-state index in [9.17, 15) is 4.79 Å². The quantitative estimate of drug-likeness (QED) is 0.768. The minimum Gasteiger partial charge on any atom is -0.477 e. The Kier molecular flexibility index (Phi) is 4.25. The Labute approximate surface area is 94.0 Å². The normalized spacial score (nSPS) is 12.0. The van der Waals surface area contributed by atoms with Crippen molar-refractivity contribution in [2.75, 3.05) is 7.11 Å². The maximum Gasteiger partial charge on any atom is 0.346 e. The first-order valence-electron chi connectivity index (χ1n) is 4.90. The summed E-state index contributed by atoms with van der Waals surface area (Å²) in [6.45, 7) is 3.16. The van der Waals surface area contributed by atoms with Crippen molar-refractivity contribution >= 4 is 5.97 Å². The molecule has 1 unspecified atom stereocenters. The molecule has 0 aliphatic heterocycles. The van der Waals surface area contributed by atoms with Crippen molar-refractivity contribution in [2.24, 2.45) is 0 Å². The minimum absolute atomic E-state index is 0.231. The molecule has 0 aromatic carbocycles. The fourth-order valence-corrected chi connectivity index (χ4v) is 1.22. The van der Waals surface area contributed by atoms with E-state index in [1.807, 2.05) is 6.92 Å². The zero-order valence-electron chi connectivity index (χ0n) is 9.56. The SMILES string of the molecule is COC(=O)C(C)Oc1ccc(C)nc1CO. The van der Waals surface area contributed by atoms with Crippen molar-refractivity contribution in [3.63, 3.8) is 0 Å². The van der Waals surface area contributed by atoms with Gasteiger partial charge in [0.25, 0.3) is 0 Å². The summed E-state index contributed by atoms with van der Waals surface area (Å²) in [5, 5.41) is 9.09. The van der Waals surface area contributed by atoms with Crippen LogP contribution < -0.4 is 4.74 Å². The van der Waals surface area contributed by atoms with Gasteiger partial charge in [0, 0.05) is 5.69 Å². The molecule has 1 atom stereocenters. The molecule has 0 amide bonds. The molecule has 0 saturated heterocycles. The lowest BCUT2D eigenvalue weighted by Gasteiger charge is -2.14. The third-order valence-electron chi connectivity index (χ3n) is 2.06. The van der Waals surface area contributed by atoms with Gasteiger partial charge in [-0.2, -0.15) is 0 Å². The Balaban J connectivity index is 2.84. The largest absolute Gasteiger partial charge is 0.477 e. The second kappa shape index (κ2) is 5.46. The van der Waals surface area contributed by atoms with Gasteiger partial charge >= 0.3 is 5.97 Å². The summed E-state index contributed by atoms with van der Waals surface area (Å²) >= 11 is 0. The zero-order chi connectivity index (χ0) is 12.1. The van der Waals surface area contributed by atoms with Crippen LogP contribution in [0.15, 0.2) is 12.1 Å². The van der Waals surface area contributed by atoms with Crippen molar-refractivity contribution in [1.82, 2.24) is 4.98 Å². The number of methoxy groups -OCH3 is 1. The molecule has 5 heteroatoms. The molecule has 16 heavy (non-hydrogen) atoms. The molecule has 0 bridgehead atoms. The standard InChI is InChI=1S/C11H15NO4/c1-7-4-5-10(9(6-13)12-7)16-8(2)11(14)15-3/h4-5,8,13H,6H2,1-3H3. The number of pyridine rings is 1. The van der Waals surface area contributed by atoms with Crippen LogP contribution in [0.5, 0.6) is 5.75 Å². The molecule has 1 rings (SSSR count). The number of aryl methyl sites for hydroxylation is 1. The van der Waals surface area contributed by atoms with E-state index in [0.717, 1.165) is 5.69 Å². The van der Waals surface area contributed by atoms with Gasteiger partial charge in [-0.3, -0.25) is 4.98 Å². The number of nitrogens with zero attached hydrogens (tertiary/aromatic N) is 1. The second-order valence-corrected chi connectivity index (χ2v) is 3.34. The van der Waals surface area contributed by atoms with Gasteiger partial charge in [0.15, 0.2) is 6.10 Å². The van der Waals surface area contributed by atoms with Crippen LogP contribution in [0.1, 0.15) is 18.3 Å². The van der Waals surface area contributed by atoms with Crippen LogP contribution in [-0.2, 0) is 16.1 Å². The molecule has 1 heterocycles. The van der Waals surface area contributed by atoms with Gasteiger partial charge in [-0.25, -0.2) is 4.79 Å². The van der Waals surface area contributed by atoms with Crippen molar-refractivity contribution in [3.05, 3.63) is 23.5 Å². The number of ether oxygens (including phenoxy) is 2. The molecule has 0 spiro atoms. The molecule has 0 aliphatic rings. The van der Waals surface area contributed by atoms with E-state index in [1.54, 1.807) is 19.1 Å². The number of aliphatic hydroxyl groups excluding tert-OH is 1. The molecular weight excluding hydrogens is 210 g/mol. The van der Waals surface area contributed by atoms with Crippen molar-refractivity contribution in [1.29, 1.82) is 0 Å². The van der Waals surface area contributed by atoms with Crippen LogP contribution in [0.4, 0.5) is 0 Å². The average Bonchev–Trinajstić information content (AvgIpc) is 2.30. The van der Waals surface area contributed by atoms with Gasteiger partial charge in [0.1, 0.15) is 11.4 Å². The fraction of sp³-hybridized carbons (Fsp3) is 0.455. The van der Waals surface area contributed by atoms with Crippen molar-refractivity contribution in [3.8, 4) is 5.75 Å². The molecule has 0 aliphatic carbocycles. The lowest BCUT2D eigenvalue weighted by atomic mass is 10.3. The first kappa shape index (κ1) is 12.4. The first-order chi connectivity index (χ1) is 7.58. The lowest BCUT2D eigenvalue weighted by molar-refractivity contribution is -0.147. The number of carbonyl (C=O) groups is 1. The van der Waals surface area contributed by atoms with E-state index in [1.165, 1.54) is 7.11 Å².